The highest BCUT2D eigenvalue weighted by Crippen LogP contribution is 2.31. The van der Waals surface area contributed by atoms with Crippen molar-refractivity contribution in [2.24, 2.45) is 7.05 Å². The third-order valence-corrected chi connectivity index (χ3v) is 4.00. The number of aromatic nitrogens is 4. The van der Waals surface area contributed by atoms with Gasteiger partial charge in [-0.25, -0.2) is 18.7 Å². The molecule has 0 amide bonds. The van der Waals surface area contributed by atoms with Gasteiger partial charge in [0.05, 0.1) is 10.5 Å². The molecule has 11 heteroatoms. The second kappa shape index (κ2) is 5.45. The number of hydrogen-bond acceptors (Lipinski definition) is 3. The van der Waals surface area contributed by atoms with E-state index in [1.165, 1.54) is 9.55 Å². The van der Waals surface area contributed by atoms with Crippen molar-refractivity contribution in [1.29, 1.82) is 0 Å². The number of hydrogen-bond donors (Lipinski definition) is 1. The van der Waals surface area contributed by atoms with E-state index >= 15 is 0 Å². The van der Waals surface area contributed by atoms with E-state index in [0.717, 1.165) is 6.07 Å². The minimum Gasteiger partial charge on any atom is -0.330 e. The second-order valence-corrected chi connectivity index (χ2v) is 5.67. The molecule has 0 atom stereocenters. The Kier molecular flexibility index (Phi) is 3.75. The van der Waals surface area contributed by atoms with E-state index in [0.29, 0.717) is 5.82 Å². The van der Waals surface area contributed by atoms with Crippen LogP contribution in [0.1, 0.15) is 11.5 Å². The van der Waals surface area contributed by atoms with Gasteiger partial charge in [0.1, 0.15) is 22.7 Å². The molecular weight excluding hydrogens is 368 g/mol. The zero-order valence-electron chi connectivity index (χ0n) is 12.7. The lowest BCUT2D eigenvalue weighted by Gasteiger charge is -2.11. The highest BCUT2D eigenvalue weighted by atomic mass is 35.5. The van der Waals surface area contributed by atoms with Gasteiger partial charge in [-0.15, -0.1) is 0 Å². The standard InChI is InChI=1S/C14H9ClF4N4O2/c1-5-20-10-11(22(5)2)6(15)3-7(16)12(10)23-9(24)4-8(14(17,18)19)21-13(23)25/h3-4H,1-2H3,(H,21,25). The molecule has 0 saturated carbocycles. The van der Waals surface area contributed by atoms with E-state index in [4.69, 9.17) is 11.6 Å². The molecule has 2 aromatic heterocycles. The molecule has 0 saturated heterocycles. The molecule has 2 heterocycles. The number of aromatic amines is 1. The molecule has 0 unspecified atom stereocenters. The van der Waals surface area contributed by atoms with Gasteiger partial charge in [0.2, 0.25) is 0 Å². The molecule has 0 aliphatic rings. The van der Waals surface area contributed by atoms with Crippen molar-refractivity contribution in [2.45, 2.75) is 13.1 Å². The Balaban J connectivity index is 2.45. The van der Waals surface area contributed by atoms with E-state index in [1.54, 1.807) is 14.0 Å². The molecule has 0 aliphatic carbocycles. The predicted octanol–water partition coefficient (Wildman–Crippen LogP) is 2.53. The Bertz CT molecular complexity index is 1100. The summed E-state index contributed by atoms with van der Waals surface area (Å²) in [5.74, 6) is -0.664. The van der Waals surface area contributed by atoms with Crippen molar-refractivity contribution in [1.82, 2.24) is 19.1 Å². The number of alkyl halides is 3. The maximum Gasteiger partial charge on any atom is 0.431 e. The molecule has 1 N–H and O–H groups in total. The third kappa shape index (κ3) is 2.62. The SMILES string of the molecule is Cc1nc2c(-n3c(=O)cc(C(F)(F)F)[nH]c3=O)c(F)cc(Cl)c2n1C. The summed E-state index contributed by atoms with van der Waals surface area (Å²) in [6, 6.07) is 1.04. The molecule has 0 spiro atoms. The number of rotatable bonds is 1. The minimum atomic E-state index is -4.92. The number of imidazole rings is 1. The van der Waals surface area contributed by atoms with Crippen LogP contribution in [0, 0.1) is 12.7 Å². The summed E-state index contributed by atoms with van der Waals surface area (Å²) >= 11 is 5.98. The zero-order chi connectivity index (χ0) is 18.7. The molecule has 132 valence electrons. The van der Waals surface area contributed by atoms with E-state index in [2.05, 4.69) is 4.98 Å². The minimum absolute atomic E-state index is 0.0178. The van der Waals surface area contributed by atoms with E-state index in [1.807, 2.05) is 0 Å². The predicted molar refractivity (Wildman–Crippen MR) is 81.6 cm³/mol. The van der Waals surface area contributed by atoms with Crippen molar-refractivity contribution in [2.75, 3.05) is 0 Å². The smallest absolute Gasteiger partial charge is 0.330 e. The largest absolute Gasteiger partial charge is 0.431 e. The molecule has 3 aromatic rings. The number of halogens is 5. The number of aryl methyl sites for hydroxylation is 2. The van der Waals surface area contributed by atoms with Crippen molar-refractivity contribution < 1.29 is 17.6 Å². The van der Waals surface area contributed by atoms with Gasteiger partial charge in [-0.2, -0.15) is 13.2 Å². The van der Waals surface area contributed by atoms with Crippen LogP contribution in [-0.4, -0.2) is 19.1 Å². The average molecular weight is 377 g/mol. The molecule has 6 nitrogen and oxygen atoms in total. The first-order chi connectivity index (χ1) is 11.5. The molecule has 3 rings (SSSR count). The third-order valence-electron chi connectivity index (χ3n) is 3.71. The fourth-order valence-electron chi connectivity index (χ4n) is 2.48. The van der Waals surface area contributed by atoms with E-state index in [-0.39, 0.29) is 26.7 Å². The molecule has 0 radical (unpaired) electrons. The molecule has 25 heavy (non-hydrogen) atoms. The lowest BCUT2D eigenvalue weighted by molar-refractivity contribution is -0.141. The van der Waals surface area contributed by atoms with Crippen LogP contribution in [0.2, 0.25) is 5.02 Å². The lowest BCUT2D eigenvalue weighted by atomic mass is 10.2. The first-order valence-electron chi connectivity index (χ1n) is 6.77. The quantitative estimate of drug-likeness (QED) is 0.663. The Morgan fingerprint density at radius 2 is 1.88 bits per heavy atom. The monoisotopic (exact) mass is 376 g/mol. The van der Waals surface area contributed by atoms with Crippen LogP contribution in [0.15, 0.2) is 21.7 Å². The van der Waals surface area contributed by atoms with E-state index < -0.39 is 34.6 Å². The van der Waals surface area contributed by atoms with Gasteiger partial charge < -0.3 is 9.55 Å². The van der Waals surface area contributed by atoms with Crippen molar-refractivity contribution in [3.63, 3.8) is 0 Å². The molecule has 1 aromatic carbocycles. The summed E-state index contributed by atoms with van der Waals surface area (Å²) in [6.45, 7) is 1.58. The van der Waals surface area contributed by atoms with Crippen LogP contribution in [-0.2, 0) is 13.2 Å². The first-order valence-corrected chi connectivity index (χ1v) is 7.15. The maximum atomic E-state index is 14.4. The Labute approximate surface area is 141 Å². The summed E-state index contributed by atoms with van der Waals surface area (Å²) in [5, 5.41) is -0.0178. The van der Waals surface area contributed by atoms with Gasteiger partial charge in [0.15, 0.2) is 5.82 Å². The topological polar surface area (TPSA) is 72.7 Å². The van der Waals surface area contributed by atoms with Gasteiger partial charge >= 0.3 is 11.9 Å². The Morgan fingerprint density at radius 1 is 1.24 bits per heavy atom. The average Bonchev–Trinajstić information content (AvgIpc) is 2.76. The number of fused-ring (bicyclic) bond motifs is 1. The summed E-state index contributed by atoms with van der Waals surface area (Å²) in [4.78, 5) is 29.7. The van der Waals surface area contributed by atoms with Crippen molar-refractivity contribution in [3.05, 3.63) is 55.3 Å². The van der Waals surface area contributed by atoms with Crippen LogP contribution in [0.5, 0.6) is 0 Å². The molecule has 0 bridgehead atoms. The molecule has 0 aliphatic heterocycles. The molecule has 0 fully saturated rings. The number of nitrogens with zero attached hydrogens (tertiary/aromatic N) is 3. The van der Waals surface area contributed by atoms with Crippen LogP contribution in [0.4, 0.5) is 17.6 Å². The fraction of sp³-hybridized carbons (Fsp3) is 0.214. The highest BCUT2D eigenvalue weighted by molar-refractivity contribution is 6.35. The second-order valence-electron chi connectivity index (χ2n) is 5.26. The summed E-state index contributed by atoms with van der Waals surface area (Å²) in [7, 11) is 1.58. The first kappa shape index (κ1) is 17.2. The van der Waals surface area contributed by atoms with Gasteiger partial charge in [0.25, 0.3) is 5.56 Å². The van der Waals surface area contributed by atoms with Gasteiger partial charge in [-0.05, 0) is 13.0 Å². The Morgan fingerprint density at radius 3 is 2.44 bits per heavy atom. The highest BCUT2D eigenvalue weighted by Gasteiger charge is 2.33. The Hall–Kier alpha value is -2.62. The number of H-pyrrole nitrogens is 1. The van der Waals surface area contributed by atoms with Crippen molar-refractivity contribution in [3.8, 4) is 5.69 Å². The van der Waals surface area contributed by atoms with Crippen LogP contribution in [0.3, 0.4) is 0 Å². The van der Waals surface area contributed by atoms with E-state index in [9.17, 15) is 27.2 Å². The van der Waals surface area contributed by atoms with Gasteiger partial charge in [0, 0.05) is 13.1 Å². The maximum absolute atomic E-state index is 14.4. The zero-order valence-corrected chi connectivity index (χ0v) is 13.5. The van der Waals surface area contributed by atoms with Gasteiger partial charge in [-0.3, -0.25) is 4.79 Å². The summed E-state index contributed by atoms with van der Waals surface area (Å²) < 4.78 is 54.3. The normalized spacial score (nSPS) is 12.1. The van der Waals surface area contributed by atoms with Gasteiger partial charge in [-0.1, -0.05) is 11.6 Å². The van der Waals surface area contributed by atoms with Crippen molar-refractivity contribution >= 4 is 22.6 Å². The van der Waals surface area contributed by atoms with Crippen LogP contribution < -0.4 is 11.2 Å². The lowest BCUT2D eigenvalue weighted by Crippen LogP contribution is -2.36. The summed E-state index contributed by atoms with van der Waals surface area (Å²) in [5.41, 5.74) is -4.75. The fourth-order valence-corrected chi connectivity index (χ4v) is 2.79. The van der Waals surface area contributed by atoms with Crippen LogP contribution >= 0.6 is 11.6 Å². The summed E-state index contributed by atoms with van der Waals surface area (Å²) in [6.07, 6.45) is -4.92. The number of nitrogens with one attached hydrogen (secondary N) is 1. The molecular formula is C14H9ClF4N4O2. The van der Waals surface area contributed by atoms with Crippen LogP contribution in [0.25, 0.3) is 16.7 Å². The number of benzene rings is 1.